The zero-order chi connectivity index (χ0) is 16.3. The summed E-state index contributed by atoms with van der Waals surface area (Å²) in [5.74, 6) is -0.0929. The fraction of sp³-hybridized carbons (Fsp3) is 0.529. The minimum absolute atomic E-state index is 0.0929. The van der Waals surface area contributed by atoms with Crippen LogP contribution in [-0.2, 0) is 10.2 Å². The van der Waals surface area contributed by atoms with Gasteiger partial charge in [-0.1, -0.05) is 32.9 Å². The average molecular weight is 287 g/mol. The molecule has 0 aliphatic heterocycles. The fourth-order valence-electron chi connectivity index (χ4n) is 1.75. The monoisotopic (exact) mass is 287 g/mol. The third-order valence-corrected chi connectivity index (χ3v) is 3.69. The Morgan fingerprint density at radius 2 is 1.76 bits per heavy atom. The van der Waals surface area contributed by atoms with Gasteiger partial charge in [0.1, 0.15) is 0 Å². The number of carbonyl (C=O) groups is 1. The van der Waals surface area contributed by atoms with Crippen molar-refractivity contribution >= 4 is 11.6 Å². The van der Waals surface area contributed by atoms with Gasteiger partial charge in [-0.3, -0.25) is 4.79 Å². The highest BCUT2D eigenvalue weighted by atomic mass is 16.1. The van der Waals surface area contributed by atoms with Crippen molar-refractivity contribution in [2.45, 2.75) is 52.5 Å². The molecule has 0 fully saturated rings. The summed E-state index contributed by atoms with van der Waals surface area (Å²) in [5.41, 5.74) is 7.02. The van der Waals surface area contributed by atoms with Crippen molar-refractivity contribution in [3.63, 3.8) is 0 Å². The van der Waals surface area contributed by atoms with E-state index < -0.39 is 5.41 Å². The Kier molecular flexibility index (Phi) is 5.14. The van der Waals surface area contributed by atoms with E-state index in [0.717, 1.165) is 11.3 Å². The fourth-order valence-corrected chi connectivity index (χ4v) is 1.75. The summed E-state index contributed by atoms with van der Waals surface area (Å²) in [5, 5.41) is 11.9. The van der Waals surface area contributed by atoms with Crippen LogP contribution in [0, 0.1) is 16.7 Å². The van der Waals surface area contributed by atoms with Crippen LogP contribution in [0.3, 0.4) is 0 Å². The lowest BCUT2D eigenvalue weighted by molar-refractivity contribution is -0.117. The Bertz CT molecular complexity index is 533. The molecule has 0 saturated carbocycles. The second kappa shape index (κ2) is 6.28. The Hall–Kier alpha value is -1.86. The van der Waals surface area contributed by atoms with E-state index >= 15 is 0 Å². The summed E-state index contributed by atoms with van der Waals surface area (Å²) in [6.07, 6.45) is 0.287. The predicted octanol–water partition coefficient (Wildman–Crippen LogP) is 3.19. The molecule has 1 aromatic carbocycles. The molecule has 0 spiro atoms. The Balaban J connectivity index is 2.69. The van der Waals surface area contributed by atoms with E-state index in [1.54, 1.807) is 0 Å². The van der Waals surface area contributed by atoms with Crippen LogP contribution in [0.5, 0.6) is 0 Å². The third-order valence-electron chi connectivity index (χ3n) is 3.69. The van der Waals surface area contributed by atoms with Gasteiger partial charge in [0.25, 0.3) is 0 Å². The van der Waals surface area contributed by atoms with Gasteiger partial charge < -0.3 is 11.1 Å². The molecular formula is C17H25N3O. The first-order valence-corrected chi connectivity index (χ1v) is 7.13. The van der Waals surface area contributed by atoms with Crippen molar-refractivity contribution in [1.82, 2.24) is 0 Å². The van der Waals surface area contributed by atoms with Gasteiger partial charge in [0.15, 0.2) is 0 Å². The molecule has 0 heterocycles. The smallest absolute Gasteiger partial charge is 0.225 e. The highest BCUT2D eigenvalue weighted by Gasteiger charge is 2.23. The number of nitrogens with two attached hydrogens (primary N) is 1. The number of anilines is 1. The lowest BCUT2D eigenvalue weighted by Gasteiger charge is -2.26. The van der Waals surface area contributed by atoms with Crippen LogP contribution in [0.25, 0.3) is 0 Å². The van der Waals surface area contributed by atoms with E-state index in [-0.39, 0.29) is 23.8 Å². The Morgan fingerprint density at radius 1 is 1.24 bits per heavy atom. The van der Waals surface area contributed by atoms with Crippen molar-refractivity contribution in [2.24, 2.45) is 11.1 Å². The number of nitrogens with one attached hydrogen (secondary N) is 1. The number of amides is 1. The maximum Gasteiger partial charge on any atom is 0.225 e. The van der Waals surface area contributed by atoms with E-state index in [1.165, 1.54) is 0 Å². The molecule has 21 heavy (non-hydrogen) atoms. The molecule has 1 aromatic rings. The summed E-state index contributed by atoms with van der Waals surface area (Å²) in [6, 6.07) is 9.43. The highest BCUT2D eigenvalue weighted by molar-refractivity contribution is 5.91. The van der Waals surface area contributed by atoms with E-state index in [2.05, 4.69) is 11.4 Å². The minimum atomic E-state index is -0.531. The predicted molar refractivity (Wildman–Crippen MR) is 85.8 cm³/mol. The molecule has 0 aliphatic rings. The molecule has 1 amide bonds. The van der Waals surface area contributed by atoms with E-state index in [4.69, 9.17) is 11.0 Å². The summed E-state index contributed by atoms with van der Waals surface area (Å²) in [4.78, 5) is 12.0. The van der Waals surface area contributed by atoms with Crippen LogP contribution in [-0.4, -0.2) is 11.9 Å². The number of hydrogen-bond acceptors (Lipinski definition) is 3. The van der Waals surface area contributed by atoms with Crippen LogP contribution in [0.15, 0.2) is 24.3 Å². The van der Waals surface area contributed by atoms with Gasteiger partial charge in [-0.15, -0.1) is 0 Å². The normalized spacial score (nSPS) is 13.4. The second-order valence-electron chi connectivity index (χ2n) is 7.04. The quantitative estimate of drug-likeness (QED) is 0.892. The molecule has 0 bridgehead atoms. The lowest BCUT2D eigenvalue weighted by atomic mass is 9.85. The molecule has 3 N–H and O–H groups in total. The van der Waals surface area contributed by atoms with Crippen LogP contribution < -0.4 is 11.1 Å². The number of nitrogens with zero attached hydrogens (tertiary/aromatic N) is 1. The molecule has 114 valence electrons. The summed E-state index contributed by atoms with van der Waals surface area (Å²) in [7, 11) is 0. The molecule has 0 aromatic heterocycles. The van der Waals surface area contributed by atoms with Gasteiger partial charge in [0.2, 0.25) is 5.91 Å². The van der Waals surface area contributed by atoms with Crippen molar-refractivity contribution in [3.8, 4) is 6.07 Å². The zero-order valence-corrected chi connectivity index (χ0v) is 13.5. The number of benzene rings is 1. The summed E-state index contributed by atoms with van der Waals surface area (Å²) >= 11 is 0. The van der Waals surface area contributed by atoms with Crippen LogP contribution >= 0.6 is 0 Å². The van der Waals surface area contributed by atoms with Crippen LogP contribution in [0.1, 0.15) is 46.6 Å². The van der Waals surface area contributed by atoms with Crippen molar-refractivity contribution in [1.29, 1.82) is 5.26 Å². The largest absolute Gasteiger partial charge is 0.327 e. The highest BCUT2D eigenvalue weighted by Crippen LogP contribution is 2.24. The number of hydrogen-bond donors (Lipinski definition) is 2. The molecule has 1 unspecified atom stereocenters. The van der Waals surface area contributed by atoms with E-state index in [1.807, 2.05) is 58.9 Å². The second-order valence-corrected chi connectivity index (χ2v) is 7.04. The van der Waals surface area contributed by atoms with Crippen LogP contribution in [0.4, 0.5) is 5.69 Å². The van der Waals surface area contributed by atoms with Gasteiger partial charge in [0.05, 0.1) is 11.5 Å². The van der Waals surface area contributed by atoms with Gasteiger partial charge in [-0.25, -0.2) is 0 Å². The number of rotatable bonds is 4. The van der Waals surface area contributed by atoms with Crippen LogP contribution in [0.2, 0.25) is 0 Å². The maximum absolute atomic E-state index is 12.0. The molecule has 0 radical (unpaired) electrons. The molecule has 4 nitrogen and oxygen atoms in total. The molecule has 0 saturated heterocycles. The van der Waals surface area contributed by atoms with Gasteiger partial charge in [-0.2, -0.15) is 5.26 Å². The molecule has 1 rings (SSSR count). The summed E-state index contributed by atoms with van der Waals surface area (Å²) in [6.45, 7) is 9.78. The molecule has 4 heteroatoms. The first kappa shape index (κ1) is 17.2. The first-order valence-electron chi connectivity index (χ1n) is 7.13. The maximum atomic E-state index is 12.0. The Morgan fingerprint density at radius 3 is 2.19 bits per heavy atom. The molecular weight excluding hydrogens is 262 g/mol. The first-order chi connectivity index (χ1) is 9.56. The molecule has 1 atom stereocenters. The Labute approximate surface area is 127 Å². The standard InChI is InChI=1S/C17H25N3O/c1-16(2,3)14(19)10-15(21)20-13-8-6-12(7-9-13)17(4,5)11-18/h6-9,14H,10,19H2,1-5H3,(H,20,21). The van der Waals surface area contributed by atoms with Crippen molar-refractivity contribution in [3.05, 3.63) is 29.8 Å². The minimum Gasteiger partial charge on any atom is -0.327 e. The summed E-state index contributed by atoms with van der Waals surface area (Å²) < 4.78 is 0. The van der Waals surface area contributed by atoms with Crippen molar-refractivity contribution < 1.29 is 4.79 Å². The number of nitriles is 1. The number of carbonyl (C=O) groups excluding carboxylic acids is 1. The zero-order valence-electron chi connectivity index (χ0n) is 13.5. The van der Waals surface area contributed by atoms with E-state index in [9.17, 15) is 4.79 Å². The van der Waals surface area contributed by atoms with Crippen molar-refractivity contribution in [2.75, 3.05) is 5.32 Å². The van der Waals surface area contributed by atoms with Gasteiger partial charge >= 0.3 is 0 Å². The van der Waals surface area contributed by atoms with Gasteiger partial charge in [-0.05, 0) is 37.0 Å². The topological polar surface area (TPSA) is 78.9 Å². The van der Waals surface area contributed by atoms with E-state index in [0.29, 0.717) is 0 Å². The third kappa shape index (κ3) is 4.87. The lowest BCUT2D eigenvalue weighted by Crippen LogP contribution is -2.38. The average Bonchev–Trinajstić information content (AvgIpc) is 2.38. The SMILES string of the molecule is CC(C)(C#N)c1ccc(NC(=O)CC(N)C(C)(C)C)cc1. The van der Waals surface area contributed by atoms with Gasteiger partial charge in [0, 0.05) is 18.2 Å². The molecule has 0 aliphatic carbocycles.